The van der Waals surface area contributed by atoms with Crippen LogP contribution in [-0.4, -0.2) is 47.0 Å². The Morgan fingerprint density at radius 1 is 1.21 bits per heavy atom. The van der Waals surface area contributed by atoms with Crippen molar-refractivity contribution < 1.29 is 24.5 Å². The average molecular weight is 453 g/mol. The fourth-order valence-corrected chi connectivity index (χ4v) is 4.28. The van der Waals surface area contributed by atoms with E-state index in [2.05, 4.69) is 10.3 Å². The average Bonchev–Trinajstić information content (AvgIpc) is 2.81. The quantitative estimate of drug-likeness (QED) is 0.387. The smallest absolute Gasteiger partial charge is 0.344 e. The summed E-state index contributed by atoms with van der Waals surface area (Å²) in [6, 6.07) is 12.2. The summed E-state index contributed by atoms with van der Waals surface area (Å²) in [5.74, 6) is 0.207. The summed E-state index contributed by atoms with van der Waals surface area (Å²) >= 11 is 0. The van der Waals surface area contributed by atoms with Crippen LogP contribution in [0.25, 0.3) is 10.9 Å². The van der Waals surface area contributed by atoms with Gasteiger partial charge in [0.2, 0.25) is 5.56 Å². The molecule has 4 N–H and O–H groups in total. The van der Waals surface area contributed by atoms with Crippen molar-refractivity contribution >= 4 is 16.9 Å². The van der Waals surface area contributed by atoms with Crippen LogP contribution in [0.3, 0.4) is 0 Å². The molecule has 1 aromatic heterocycles. The van der Waals surface area contributed by atoms with Crippen molar-refractivity contribution in [1.29, 1.82) is 0 Å². The third kappa shape index (κ3) is 5.35. The molecule has 0 bridgehead atoms. The molecule has 0 spiro atoms. The highest BCUT2D eigenvalue weighted by atomic mass is 16.6. The molecule has 0 saturated heterocycles. The number of pyridine rings is 1. The monoisotopic (exact) mass is 452 g/mol. The molecule has 0 aliphatic heterocycles. The number of H-pyrrole nitrogens is 1. The second-order valence-electron chi connectivity index (χ2n) is 8.17. The van der Waals surface area contributed by atoms with Gasteiger partial charge in [-0.2, -0.15) is 0 Å². The molecule has 174 valence electrons. The van der Waals surface area contributed by atoms with Crippen LogP contribution >= 0.6 is 0 Å². The molecule has 2 aromatic carbocycles. The fraction of sp³-hybridized carbons (Fsp3) is 0.360. The van der Waals surface area contributed by atoms with Crippen LogP contribution in [0, 0.1) is 0 Å². The van der Waals surface area contributed by atoms with Gasteiger partial charge in [-0.15, -0.1) is 0 Å². The molecule has 1 aliphatic rings. The van der Waals surface area contributed by atoms with E-state index in [4.69, 9.17) is 9.47 Å². The first-order valence-corrected chi connectivity index (χ1v) is 11.1. The number of aliphatic hydroxyl groups excluding tert-OH is 1. The highest BCUT2D eigenvalue weighted by Gasteiger charge is 2.21. The third-order valence-corrected chi connectivity index (χ3v) is 5.93. The van der Waals surface area contributed by atoms with Gasteiger partial charge in [-0.25, -0.2) is 4.79 Å². The number of fused-ring (bicyclic) bond motifs is 2. The summed E-state index contributed by atoms with van der Waals surface area (Å²) in [7, 11) is 0. The number of aromatic nitrogens is 1. The molecule has 2 atom stereocenters. The van der Waals surface area contributed by atoms with Crippen LogP contribution in [0.15, 0.2) is 47.3 Å². The first kappa shape index (κ1) is 22.8. The molecule has 1 heterocycles. The highest BCUT2D eigenvalue weighted by Crippen LogP contribution is 2.29. The molecular formula is C25H28N2O6. The number of benzene rings is 2. The van der Waals surface area contributed by atoms with E-state index >= 15 is 0 Å². The number of carbonyl (C=O) groups is 1. The van der Waals surface area contributed by atoms with Crippen LogP contribution in [0.1, 0.15) is 36.1 Å². The minimum absolute atomic E-state index is 0.0310. The largest absolute Gasteiger partial charge is 0.506 e. The zero-order chi connectivity index (χ0) is 23.4. The van der Waals surface area contributed by atoms with Gasteiger partial charge in [0, 0.05) is 24.0 Å². The molecule has 1 aliphatic carbocycles. The van der Waals surface area contributed by atoms with Crippen molar-refractivity contribution in [3.05, 3.63) is 69.5 Å². The number of aromatic amines is 1. The van der Waals surface area contributed by atoms with Crippen molar-refractivity contribution in [2.75, 3.05) is 19.8 Å². The molecule has 0 amide bonds. The van der Waals surface area contributed by atoms with E-state index in [-0.39, 0.29) is 24.0 Å². The standard InChI is InChI=1S/C25H28N2O6/c1-2-32-24(31)14-33-18-6-4-15-3-5-17(11-16(15)12-18)26-13-22(29)19-7-9-21(28)25-20(19)8-10-23(30)27-25/h4,6-10,12,17,22,26,28-29H,2-3,5,11,13-14H2,1H3,(H,27,30). The zero-order valence-corrected chi connectivity index (χ0v) is 18.5. The minimum atomic E-state index is -0.806. The van der Waals surface area contributed by atoms with E-state index in [1.165, 1.54) is 17.7 Å². The van der Waals surface area contributed by atoms with Crippen LogP contribution in [0.5, 0.6) is 11.5 Å². The van der Waals surface area contributed by atoms with Gasteiger partial charge in [-0.05, 0) is 67.1 Å². The molecule has 33 heavy (non-hydrogen) atoms. The minimum Gasteiger partial charge on any atom is -0.506 e. The Hall–Kier alpha value is -3.36. The van der Waals surface area contributed by atoms with E-state index < -0.39 is 12.1 Å². The second kappa shape index (κ2) is 10.1. The van der Waals surface area contributed by atoms with Crippen LogP contribution < -0.4 is 15.6 Å². The van der Waals surface area contributed by atoms with E-state index in [1.807, 2.05) is 18.2 Å². The lowest BCUT2D eigenvalue weighted by atomic mass is 9.88. The van der Waals surface area contributed by atoms with E-state index in [1.54, 1.807) is 19.1 Å². The maximum Gasteiger partial charge on any atom is 0.344 e. The molecule has 0 fully saturated rings. The second-order valence-corrected chi connectivity index (χ2v) is 8.17. The predicted molar refractivity (Wildman–Crippen MR) is 124 cm³/mol. The molecule has 4 rings (SSSR count). The van der Waals surface area contributed by atoms with Crippen molar-refractivity contribution in [1.82, 2.24) is 10.3 Å². The van der Waals surface area contributed by atoms with Gasteiger partial charge in [-0.3, -0.25) is 4.79 Å². The molecule has 8 nitrogen and oxygen atoms in total. The lowest BCUT2D eigenvalue weighted by Gasteiger charge is -2.27. The van der Waals surface area contributed by atoms with E-state index in [9.17, 15) is 19.8 Å². The molecule has 0 saturated carbocycles. The Kier molecular flexibility index (Phi) is 6.96. The van der Waals surface area contributed by atoms with Gasteiger partial charge in [0.15, 0.2) is 6.61 Å². The van der Waals surface area contributed by atoms with E-state index in [0.29, 0.717) is 35.4 Å². The number of phenolic OH excluding ortho intramolecular Hbond substituents is 1. The summed E-state index contributed by atoms with van der Waals surface area (Å²) in [5, 5.41) is 24.9. The lowest BCUT2D eigenvalue weighted by Crippen LogP contribution is -2.37. The zero-order valence-electron chi connectivity index (χ0n) is 18.5. The number of aryl methyl sites for hydroxylation is 1. The summed E-state index contributed by atoms with van der Waals surface area (Å²) in [6.45, 7) is 2.29. The maximum absolute atomic E-state index is 11.6. The number of esters is 1. The fourth-order valence-electron chi connectivity index (χ4n) is 4.28. The number of hydrogen-bond acceptors (Lipinski definition) is 7. The Balaban J connectivity index is 1.39. The van der Waals surface area contributed by atoms with Gasteiger partial charge < -0.3 is 30.0 Å². The molecule has 2 unspecified atom stereocenters. The summed E-state index contributed by atoms with van der Waals surface area (Å²) in [4.78, 5) is 25.8. The third-order valence-electron chi connectivity index (χ3n) is 5.93. The van der Waals surface area contributed by atoms with Crippen LogP contribution in [0.4, 0.5) is 0 Å². The SMILES string of the molecule is CCOC(=O)COc1ccc2c(c1)CC(NCC(O)c1ccc(O)c3[nH]c(=O)ccc13)CC2. The number of ether oxygens (including phenoxy) is 2. The van der Waals surface area contributed by atoms with Crippen molar-refractivity contribution in [3.8, 4) is 11.5 Å². The molecule has 8 heteroatoms. The van der Waals surface area contributed by atoms with Gasteiger partial charge in [-0.1, -0.05) is 12.1 Å². The van der Waals surface area contributed by atoms with E-state index in [0.717, 1.165) is 24.8 Å². The van der Waals surface area contributed by atoms with Crippen molar-refractivity contribution in [3.63, 3.8) is 0 Å². The van der Waals surface area contributed by atoms with Crippen molar-refractivity contribution in [2.24, 2.45) is 0 Å². The van der Waals surface area contributed by atoms with Gasteiger partial charge in [0.1, 0.15) is 11.5 Å². The number of rotatable bonds is 8. The summed E-state index contributed by atoms with van der Waals surface area (Å²) in [6.07, 6.45) is 1.82. The van der Waals surface area contributed by atoms with Gasteiger partial charge >= 0.3 is 5.97 Å². The number of nitrogens with one attached hydrogen (secondary N) is 2. The number of hydrogen-bond donors (Lipinski definition) is 4. The number of carbonyl (C=O) groups excluding carboxylic acids is 1. The maximum atomic E-state index is 11.6. The Morgan fingerprint density at radius 3 is 2.88 bits per heavy atom. The van der Waals surface area contributed by atoms with Crippen LogP contribution in [0.2, 0.25) is 0 Å². The van der Waals surface area contributed by atoms with Gasteiger partial charge in [0.05, 0.1) is 18.2 Å². The van der Waals surface area contributed by atoms with Gasteiger partial charge in [0.25, 0.3) is 0 Å². The molecular weight excluding hydrogens is 424 g/mol. The molecule has 3 aromatic rings. The number of phenols is 1. The Morgan fingerprint density at radius 2 is 2.06 bits per heavy atom. The predicted octanol–water partition coefficient (Wildman–Crippen LogP) is 2.36. The first-order chi connectivity index (χ1) is 15.9. The Labute approximate surface area is 191 Å². The highest BCUT2D eigenvalue weighted by molar-refractivity contribution is 5.87. The number of aromatic hydroxyl groups is 1. The molecule has 0 radical (unpaired) electrons. The normalized spacial score (nSPS) is 16.2. The van der Waals surface area contributed by atoms with Crippen molar-refractivity contribution in [2.45, 2.75) is 38.3 Å². The summed E-state index contributed by atoms with van der Waals surface area (Å²) < 4.78 is 10.5. The topological polar surface area (TPSA) is 121 Å². The number of aliphatic hydroxyl groups is 1. The van der Waals surface area contributed by atoms with Crippen LogP contribution in [-0.2, 0) is 22.4 Å². The summed E-state index contributed by atoms with van der Waals surface area (Å²) in [5.41, 5.74) is 3.06. The lowest BCUT2D eigenvalue weighted by molar-refractivity contribution is -0.145. The Bertz CT molecular complexity index is 1210. The first-order valence-electron chi connectivity index (χ1n) is 11.1.